The van der Waals surface area contributed by atoms with Crippen molar-refractivity contribution in [3.63, 3.8) is 0 Å². The number of imide groups is 1. The van der Waals surface area contributed by atoms with Crippen LogP contribution in [0.2, 0.25) is 0 Å². The van der Waals surface area contributed by atoms with E-state index >= 15 is 0 Å². The van der Waals surface area contributed by atoms with E-state index in [0.717, 1.165) is 61.4 Å². The van der Waals surface area contributed by atoms with Gasteiger partial charge in [0.2, 0.25) is 0 Å². The van der Waals surface area contributed by atoms with Gasteiger partial charge in [0.05, 0.1) is 11.0 Å². The van der Waals surface area contributed by atoms with Gasteiger partial charge in [-0.3, -0.25) is 19.3 Å². The highest BCUT2D eigenvalue weighted by atomic mass is 16.2. The number of carbonyl (C=O) groups excluding carboxylic acids is 2. The molecular formula is C95H98N2O3. The highest BCUT2D eigenvalue weighted by molar-refractivity contribution is 6.25. The van der Waals surface area contributed by atoms with Crippen LogP contribution in [-0.2, 0) is 6.54 Å². The smallest absolute Gasteiger partial charge is 0.261 e. The van der Waals surface area contributed by atoms with E-state index in [1.54, 1.807) is 12.1 Å². The third kappa shape index (κ3) is 22.5. The predicted octanol–water partition coefficient (Wildman–Crippen LogP) is 26.2. The largest absolute Gasteiger partial charge is 0.341 e. The molecule has 5 heteroatoms. The van der Waals surface area contributed by atoms with Gasteiger partial charge in [0.1, 0.15) is 0 Å². The molecule has 0 bridgehead atoms. The number of benzene rings is 13. The standard InChI is InChI=1S/C15H13NO.C14H11NO2.C14H10.C10H8.4C9H10.2C3H8/c1-2-16-13-9-5-3-7-11(13)15(17)12-8-4-6-10-14(12)16;1-2-15-13(16)10-7-3-5-9-6-4-8-11(12(9)10)14(15)17;1-3-7-13-11(5-1)9-10-12-6-2-4-8-14(12)13;1-2-6-10-8-4-3-7-9(10)5-1;4*1-8(2)9-6-4-3-5-7-9;2*1-3-2/h3-10H,2H2,1H3;3-8H,2H2,1H3;1-10H;1-8H;4*3-7H,1H2,2H3;2*3H2,1-2H3. The van der Waals surface area contributed by atoms with Gasteiger partial charge in [0.25, 0.3) is 11.8 Å². The minimum atomic E-state index is -0.193. The summed E-state index contributed by atoms with van der Waals surface area (Å²) in [5, 5.41) is 11.2. The lowest BCUT2D eigenvalue weighted by molar-refractivity contribution is 0.0619. The summed E-state index contributed by atoms with van der Waals surface area (Å²) in [6, 6.07) is 105. The molecule has 0 unspecified atom stereocenters. The zero-order chi connectivity index (χ0) is 72.2. The number of carbonyl (C=O) groups is 2. The Morgan fingerprint density at radius 2 is 0.520 bits per heavy atom. The van der Waals surface area contributed by atoms with Gasteiger partial charge in [0, 0.05) is 40.4 Å². The molecule has 0 radical (unpaired) electrons. The number of pyridine rings is 1. The molecule has 14 aromatic rings. The molecule has 2 amide bonds. The van der Waals surface area contributed by atoms with Gasteiger partial charge < -0.3 is 4.57 Å². The van der Waals surface area contributed by atoms with Crippen molar-refractivity contribution in [2.45, 2.75) is 88.6 Å². The van der Waals surface area contributed by atoms with Crippen LogP contribution in [0.5, 0.6) is 0 Å². The summed E-state index contributed by atoms with van der Waals surface area (Å²) in [5.74, 6) is -0.386. The van der Waals surface area contributed by atoms with Crippen molar-refractivity contribution in [3.8, 4) is 0 Å². The first kappa shape index (κ1) is 77.5. The van der Waals surface area contributed by atoms with E-state index in [4.69, 9.17) is 0 Å². The maximum absolute atomic E-state index is 12.3. The van der Waals surface area contributed by atoms with Gasteiger partial charge in [0.15, 0.2) is 5.43 Å². The summed E-state index contributed by atoms with van der Waals surface area (Å²) in [6.45, 7) is 37.0. The lowest BCUT2D eigenvalue weighted by Crippen LogP contribution is -2.39. The van der Waals surface area contributed by atoms with Crippen LogP contribution in [0.25, 0.3) is 87.2 Å². The second kappa shape index (κ2) is 41.5. The van der Waals surface area contributed by atoms with Gasteiger partial charge in [-0.1, -0.05) is 368 Å². The second-order valence-electron chi connectivity index (χ2n) is 24.0. The summed E-state index contributed by atoms with van der Waals surface area (Å²) in [4.78, 5) is 37.9. The van der Waals surface area contributed by atoms with E-state index < -0.39 is 0 Å². The van der Waals surface area contributed by atoms with Crippen LogP contribution < -0.4 is 5.43 Å². The molecule has 0 spiro atoms. The minimum Gasteiger partial charge on any atom is -0.341 e. The molecule has 0 saturated heterocycles. The summed E-state index contributed by atoms with van der Waals surface area (Å²) in [7, 11) is 0. The van der Waals surface area contributed by atoms with E-state index in [1.165, 1.54) is 72.3 Å². The van der Waals surface area contributed by atoms with Gasteiger partial charge in [-0.15, -0.1) is 0 Å². The first-order chi connectivity index (χ1) is 48.5. The molecule has 0 N–H and O–H groups in total. The molecule has 1 aliphatic rings. The molecule has 506 valence electrons. The monoisotopic (exact) mass is 1310 g/mol. The maximum atomic E-state index is 12.3. The van der Waals surface area contributed by atoms with Crippen molar-refractivity contribution in [2.75, 3.05) is 6.54 Å². The average Bonchev–Trinajstić information content (AvgIpc) is 0.768. The molecule has 0 fully saturated rings. The van der Waals surface area contributed by atoms with Gasteiger partial charge >= 0.3 is 0 Å². The fourth-order valence-electron chi connectivity index (χ4n) is 10.8. The van der Waals surface area contributed by atoms with Crippen molar-refractivity contribution in [2.24, 2.45) is 0 Å². The van der Waals surface area contributed by atoms with Crippen molar-refractivity contribution >= 4 is 99.0 Å². The minimum absolute atomic E-state index is 0.126. The van der Waals surface area contributed by atoms with Gasteiger partial charge in [-0.05, 0) is 138 Å². The molecule has 13 aromatic carbocycles. The Morgan fingerprint density at radius 3 is 0.790 bits per heavy atom. The van der Waals surface area contributed by atoms with Crippen LogP contribution in [0.15, 0.2) is 347 Å². The molecule has 0 atom stereocenters. The van der Waals surface area contributed by atoms with Crippen molar-refractivity contribution in [1.29, 1.82) is 0 Å². The summed E-state index contributed by atoms with van der Waals surface area (Å²) in [6.07, 6.45) is 2.50. The van der Waals surface area contributed by atoms with E-state index in [1.807, 2.05) is 180 Å². The van der Waals surface area contributed by atoms with Crippen LogP contribution in [0.4, 0.5) is 0 Å². The Kier molecular flexibility index (Phi) is 32.2. The Bertz CT molecular complexity index is 4540. The maximum Gasteiger partial charge on any atom is 0.261 e. The fraction of sp³-hybridized carbons (Fsp3) is 0.147. The van der Waals surface area contributed by atoms with Gasteiger partial charge in [-0.25, -0.2) is 0 Å². The van der Waals surface area contributed by atoms with Crippen LogP contribution >= 0.6 is 0 Å². The van der Waals surface area contributed by atoms with Crippen LogP contribution in [0.1, 0.15) is 125 Å². The van der Waals surface area contributed by atoms with E-state index in [-0.39, 0.29) is 17.2 Å². The SMILES string of the molecule is C=C(C)c1ccccc1.C=C(C)c1ccccc1.C=C(C)c1ccccc1.C=C(C)c1ccccc1.CCC.CCC.CCN1C(=O)c2cccc3cccc(c23)C1=O.CCn1c2ccccc2c(=O)c2ccccc21.c1ccc2c(c1)ccc1ccccc12.c1ccc2ccccc2c1. The third-order valence-electron chi connectivity index (χ3n) is 15.7. The quantitative estimate of drug-likeness (QED) is 0.0947. The lowest BCUT2D eigenvalue weighted by Gasteiger charge is -2.25. The molecule has 15 rings (SSSR count). The molecule has 5 nitrogen and oxygen atoms in total. The number of para-hydroxylation sites is 2. The van der Waals surface area contributed by atoms with Gasteiger partial charge in [-0.2, -0.15) is 0 Å². The number of hydrogen-bond acceptors (Lipinski definition) is 3. The zero-order valence-electron chi connectivity index (χ0n) is 60.3. The number of fused-ring (bicyclic) bond motifs is 6. The highest BCUT2D eigenvalue weighted by Crippen LogP contribution is 2.30. The number of allylic oxidation sites excluding steroid dienone is 4. The molecule has 1 aliphatic heterocycles. The normalized spacial score (nSPS) is 10.5. The Balaban J connectivity index is 0.000000180. The Labute approximate surface area is 595 Å². The molecular weight excluding hydrogens is 1220 g/mol. The number of rotatable bonds is 6. The summed E-state index contributed by atoms with van der Waals surface area (Å²) in [5.41, 5.74) is 12.8. The highest BCUT2D eigenvalue weighted by Gasteiger charge is 2.31. The first-order valence-corrected chi connectivity index (χ1v) is 34.6. The number of nitrogens with zero attached hydrogens (tertiary/aromatic N) is 2. The molecule has 100 heavy (non-hydrogen) atoms. The molecule has 0 aliphatic carbocycles. The number of aromatic nitrogens is 1. The van der Waals surface area contributed by atoms with Crippen LogP contribution in [0, 0.1) is 0 Å². The third-order valence-corrected chi connectivity index (χ3v) is 15.7. The summed E-state index contributed by atoms with van der Waals surface area (Å²) < 4.78 is 2.19. The summed E-state index contributed by atoms with van der Waals surface area (Å²) >= 11 is 0. The average molecular weight is 1320 g/mol. The fourth-order valence-corrected chi connectivity index (χ4v) is 10.8. The Morgan fingerprint density at radius 1 is 0.270 bits per heavy atom. The topological polar surface area (TPSA) is 59.4 Å². The molecule has 1 aromatic heterocycles. The second-order valence-corrected chi connectivity index (χ2v) is 24.0. The zero-order valence-corrected chi connectivity index (χ0v) is 60.3. The van der Waals surface area contributed by atoms with E-state index in [2.05, 4.69) is 223 Å². The van der Waals surface area contributed by atoms with E-state index in [9.17, 15) is 14.4 Å². The number of aryl methyl sites for hydroxylation is 1. The predicted molar refractivity (Wildman–Crippen MR) is 438 cm³/mol. The molecule has 2 heterocycles. The van der Waals surface area contributed by atoms with Crippen LogP contribution in [0.3, 0.4) is 0 Å². The van der Waals surface area contributed by atoms with Crippen molar-refractivity contribution in [1.82, 2.24) is 9.47 Å². The molecule has 0 saturated carbocycles. The van der Waals surface area contributed by atoms with Crippen molar-refractivity contribution in [3.05, 3.63) is 385 Å². The van der Waals surface area contributed by atoms with Crippen LogP contribution in [-0.4, -0.2) is 27.8 Å². The van der Waals surface area contributed by atoms with E-state index in [0.29, 0.717) is 17.7 Å². The number of amides is 2. The Hall–Kier alpha value is -11.5. The first-order valence-electron chi connectivity index (χ1n) is 34.6. The lowest BCUT2D eigenvalue weighted by atomic mass is 9.94. The number of hydrogen-bond donors (Lipinski definition) is 0. The van der Waals surface area contributed by atoms with Crippen molar-refractivity contribution < 1.29 is 9.59 Å².